The summed E-state index contributed by atoms with van der Waals surface area (Å²) in [6, 6.07) is 12.7. The highest BCUT2D eigenvalue weighted by Gasteiger charge is 2.25. The summed E-state index contributed by atoms with van der Waals surface area (Å²) < 4.78 is 16.3. The molecule has 1 heterocycles. The highest BCUT2D eigenvalue weighted by atomic mass is 16.6. The molecule has 0 bridgehead atoms. The van der Waals surface area contributed by atoms with Gasteiger partial charge in [0.2, 0.25) is 5.90 Å². The number of benzene rings is 2. The minimum absolute atomic E-state index is 0.196. The van der Waals surface area contributed by atoms with Crippen LogP contribution in [0.4, 0.5) is 0 Å². The van der Waals surface area contributed by atoms with E-state index in [1.54, 1.807) is 24.3 Å². The van der Waals surface area contributed by atoms with Gasteiger partial charge in [-0.2, -0.15) is 0 Å². The van der Waals surface area contributed by atoms with Gasteiger partial charge in [-0.1, -0.05) is 31.2 Å². The first kappa shape index (κ1) is 20.3. The lowest BCUT2D eigenvalue weighted by Gasteiger charge is -2.11. The summed E-state index contributed by atoms with van der Waals surface area (Å²) in [7, 11) is 0. The summed E-state index contributed by atoms with van der Waals surface area (Å²) in [5.41, 5.74) is 2.63. The minimum atomic E-state index is -0.514. The Morgan fingerprint density at radius 3 is 2.66 bits per heavy atom. The number of hydrogen-bond donors (Lipinski definition) is 0. The molecular formula is C23H23NO5. The van der Waals surface area contributed by atoms with Crippen LogP contribution in [0.3, 0.4) is 0 Å². The molecule has 0 amide bonds. The Kier molecular flexibility index (Phi) is 6.44. The zero-order valence-electron chi connectivity index (χ0n) is 16.7. The number of esters is 2. The summed E-state index contributed by atoms with van der Waals surface area (Å²) in [5, 5.41) is 0. The van der Waals surface area contributed by atoms with E-state index in [0.29, 0.717) is 36.5 Å². The number of cyclic esters (lactones) is 1. The second kappa shape index (κ2) is 9.19. The number of hydrogen-bond acceptors (Lipinski definition) is 6. The van der Waals surface area contributed by atoms with Crippen molar-refractivity contribution in [1.29, 1.82) is 0 Å². The van der Waals surface area contributed by atoms with Crippen LogP contribution in [-0.2, 0) is 14.3 Å². The van der Waals surface area contributed by atoms with Crippen molar-refractivity contribution in [1.82, 2.24) is 0 Å². The highest BCUT2D eigenvalue weighted by molar-refractivity contribution is 6.13. The second-order valence-corrected chi connectivity index (χ2v) is 6.51. The van der Waals surface area contributed by atoms with E-state index in [0.717, 1.165) is 11.1 Å². The maximum absolute atomic E-state index is 12.3. The summed E-state index contributed by atoms with van der Waals surface area (Å²) in [6.07, 6.45) is 2.66. The average Bonchev–Trinajstić information content (AvgIpc) is 3.05. The van der Waals surface area contributed by atoms with E-state index >= 15 is 0 Å². The first-order valence-corrected chi connectivity index (χ1v) is 9.58. The lowest BCUT2D eigenvalue weighted by atomic mass is 10.1. The molecule has 0 atom stereocenters. The fraction of sp³-hybridized carbons (Fsp3) is 0.261. The third-order valence-corrected chi connectivity index (χ3v) is 4.24. The first-order valence-electron chi connectivity index (χ1n) is 9.58. The van der Waals surface area contributed by atoms with Crippen LogP contribution in [0.5, 0.6) is 11.5 Å². The largest absolute Gasteiger partial charge is 0.490 e. The molecule has 6 heteroatoms. The first-order chi connectivity index (χ1) is 14.0. The molecule has 150 valence electrons. The van der Waals surface area contributed by atoms with Crippen molar-refractivity contribution in [3.8, 4) is 11.5 Å². The van der Waals surface area contributed by atoms with Gasteiger partial charge in [-0.05, 0) is 55.7 Å². The topological polar surface area (TPSA) is 74.2 Å². The van der Waals surface area contributed by atoms with Crippen molar-refractivity contribution < 1.29 is 23.8 Å². The summed E-state index contributed by atoms with van der Waals surface area (Å²) in [4.78, 5) is 28.4. The Balaban J connectivity index is 1.89. The summed E-state index contributed by atoms with van der Waals surface area (Å²) >= 11 is 0. The van der Waals surface area contributed by atoms with Crippen molar-refractivity contribution in [3.05, 3.63) is 64.9 Å². The van der Waals surface area contributed by atoms with Crippen LogP contribution in [0.15, 0.2) is 53.2 Å². The number of carbonyl (C=O) groups excluding carboxylic acids is 2. The maximum Gasteiger partial charge on any atom is 0.363 e. The molecule has 2 aromatic rings. The molecule has 1 aliphatic heterocycles. The molecule has 1 aliphatic rings. The lowest BCUT2D eigenvalue weighted by molar-refractivity contribution is -0.134. The maximum atomic E-state index is 12.3. The number of rotatable bonds is 7. The number of nitrogens with zero attached hydrogens (tertiary/aromatic N) is 1. The predicted molar refractivity (Wildman–Crippen MR) is 110 cm³/mol. The molecule has 29 heavy (non-hydrogen) atoms. The third kappa shape index (κ3) is 4.90. The normalized spacial score (nSPS) is 14.5. The number of ether oxygens (including phenoxy) is 3. The van der Waals surface area contributed by atoms with Gasteiger partial charge in [-0.25, -0.2) is 9.79 Å². The zero-order valence-corrected chi connectivity index (χ0v) is 16.7. The molecule has 0 N–H and O–H groups in total. The molecule has 0 radical (unpaired) electrons. The number of aliphatic imine (C=N–C) groups is 1. The molecule has 0 fully saturated rings. The van der Waals surface area contributed by atoms with Gasteiger partial charge in [0, 0.05) is 12.0 Å². The quantitative estimate of drug-likeness (QED) is 0.395. The second-order valence-electron chi connectivity index (χ2n) is 6.51. The Bertz CT molecular complexity index is 991. The van der Waals surface area contributed by atoms with Crippen LogP contribution in [0.2, 0.25) is 0 Å². The van der Waals surface area contributed by atoms with Crippen molar-refractivity contribution in [2.24, 2.45) is 4.99 Å². The van der Waals surface area contributed by atoms with Crippen LogP contribution in [0, 0.1) is 6.92 Å². The van der Waals surface area contributed by atoms with E-state index in [1.165, 1.54) is 0 Å². The fourth-order valence-electron chi connectivity index (χ4n) is 2.84. The van der Waals surface area contributed by atoms with Gasteiger partial charge >= 0.3 is 11.9 Å². The molecule has 0 aromatic heterocycles. The van der Waals surface area contributed by atoms with Gasteiger partial charge in [0.05, 0.1) is 6.61 Å². The molecule has 0 saturated carbocycles. The molecule has 2 aromatic carbocycles. The number of aryl methyl sites for hydroxylation is 1. The van der Waals surface area contributed by atoms with Crippen molar-refractivity contribution >= 4 is 23.9 Å². The van der Waals surface area contributed by atoms with Gasteiger partial charge in [0.25, 0.3) is 0 Å². The molecule has 3 rings (SSSR count). The SMILES string of the molecule is CCCC(=O)Oc1ccc(/C=C2\N=C(c3ccccc3C)OC2=O)cc1OCC. The van der Waals surface area contributed by atoms with Crippen LogP contribution < -0.4 is 9.47 Å². The van der Waals surface area contributed by atoms with Gasteiger partial charge in [0.1, 0.15) is 0 Å². The zero-order chi connectivity index (χ0) is 20.8. The van der Waals surface area contributed by atoms with E-state index in [2.05, 4.69) is 4.99 Å². The average molecular weight is 393 g/mol. The van der Waals surface area contributed by atoms with Crippen molar-refractivity contribution in [3.63, 3.8) is 0 Å². The lowest BCUT2D eigenvalue weighted by Crippen LogP contribution is -2.08. The smallest absolute Gasteiger partial charge is 0.363 e. The Labute approximate surface area is 169 Å². The number of carbonyl (C=O) groups is 2. The Hall–Kier alpha value is -3.41. The third-order valence-electron chi connectivity index (χ3n) is 4.24. The van der Waals surface area contributed by atoms with Crippen molar-refractivity contribution in [2.45, 2.75) is 33.6 Å². The van der Waals surface area contributed by atoms with Gasteiger partial charge < -0.3 is 14.2 Å². The molecule has 6 nitrogen and oxygen atoms in total. The van der Waals surface area contributed by atoms with Gasteiger partial charge in [0.15, 0.2) is 17.2 Å². The standard InChI is InChI=1S/C23H23NO5/c1-4-8-21(25)28-19-12-11-16(14-20(19)27-5-2)13-18-23(26)29-22(24-18)17-10-7-6-9-15(17)3/h6-7,9-14H,4-5,8H2,1-3H3/b18-13-. The van der Waals surface area contributed by atoms with Crippen LogP contribution >= 0.6 is 0 Å². The molecule has 0 saturated heterocycles. The molecule has 0 unspecified atom stereocenters. The minimum Gasteiger partial charge on any atom is -0.490 e. The monoisotopic (exact) mass is 393 g/mol. The van der Waals surface area contributed by atoms with E-state index in [9.17, 15) is 9.59 Å². The van der Waals surface area contributed by atoms with Crippen LogP contribution in [-0.4, -0.2) is 24.4 Å². The summed E-state index contributed by atoms with van der Waals surface area (Å²) in [6.45, 7) is 6.10. The highest BCUT2D eigenvalue weighted by Crippen LogP contribution is 2.30. The van der Waals surface area contributed by atoms with E-state index in [-0.39, 0.29) is 17.6 Å². The summed E-state index contributed by atoms with van der Waals surface area (Å²) in [5.74, 6) is 0.242. The van der Waals surface area contributed by atoms with E-state index in [1.807, 2.05) is 45.0 Å². The molecule has 0 spiro atoms. The Morgan fingerprint density at radius 1 is 1.14 bits per heavy atom. The Morgan fingerprint density at radius 2 is 1.93 bits per heavy atom. The van der Waals surface area contributed by atoms with Crippen LogP contribution in [0.1, 0.15) is 43.4 Å². The van der Waals surface area contributed by atoms with E-state index in [4.69, 9.17) is 14.2 Å². The fourth-order valence-corrected chi connectivity index (χ4v) is 2.84. The molecular weight excluding hydrogens is 370 g/mol. The van der Waals surface area contributed by atoms with Gasteiger partial charge in [-0.3, -0.25) is 4.79 Å². The van der Waals surface area contributed by atoms with Gasteiger partial charge in [-0.15, -0.1) is 0 Å². The van der Waals surface area contributed by atoms with Crippen LogP contribution in [0.25, 0.3) is 6.08 Å². The predicted octanol–water partition coefficient (Wildman–Crippen LogP) is 4.44. The molecule has 0 aliphatic carbocycles. The van der Waals surface area contributed by atoms with Crippen molar-refractivity contribution in [2.75, 3.05) is 6.61 Å². The van der Waals surface area contributed by atoms with E-state index < -0.39 is 5.97 Å².